The summed E-state index contributed by atoms with van der Waals surface area (Å²) in [5, 5.41) is 2.86. The van der Waals surface area contributed by atoms with Crippen LogP contribution in [0.25, 0.3) is 0 Å². The maximum Gasteiger partial charge on any atom is 0.223 e. The average Bonchev–Trinajstić information content (AvgIpc) is 2.23. The van der Waals surface area contributed by atoms with E-state index in [1.165, 1.54) is 6.42 Å². The van der Waals surface area contributed by atoms with Crippen molar-refractivity contribution in [2.24, 2.45) is 28.6 Å². The first kappa shape index (κ1) is 20.5. The smallest absolute Gasteiger partial charge is 0.223 e. The molecule has 21 heavy (non-hydrogen) atoms. The Morgan fingerprint density at radius 1 is 0.905 bits per heavy atom. The van der Waals surface area contributed by atoms with Gasteiger partial charge in [0.2, 0.25) is 5.91 Å². The molecule has 0 rings (SSSR count). The second-order valence-electron chi connectivity index (χ2n) is 9.41. The Morgan fingerprint density at radius 2 is 1.38 bits per heavy atom. The van der Waals surface area contributed by atoms with Gasteiger partial charge in [-0.2, -0.15) is 0 Å². The van der Waals surface area contributed by atoms with Crippen LogP contribution in [0.5, 0.6) is 0 Å². The van der Waals surface area contributed by atoms with E-state index in [4.69, 9.17) is 0 Å². The molecule has 0 aliphatic rings. The van der Waals surface area contributed by atoms with Gasteiger partial charge in [0.05, 0.1) is 0 Å². The maximum atomic E-state index is 12.2. The van der Waals surface area contributed by atoms with Crippen LogP contribution in [0.4, 0.5) is 0 Å². The zero-order valence-electron chi connectivity index (χ0n) is 16.0. The summed E-state index contributed by atoms with van der Waals surface area (Å²) in [7, 11) is 1.76. The highest BCUT2D eigenvalue weighted by Crippen LogP contribution is 2.33. The zero-order valence-corrected chi connectivity index (χ0v) is 16.0. The molecule has 2 heteroatoms. The molecule has 0 aliphatic heterocycles. The fourth-order valence-corrected chi connectivity index (χ4v) is 3.58. The summed E-state index contributed by atoms with van der Waals surface area (Å²) in [6.07, 6.45) is 4.47. The molecular formula is C19H39NO. The van der Waals surface area contributed by atoms with E-state index >= 15 is 0 Å². The van der Waals surface area contributed by atoms with Gasteiger partial charge in [-0.1, -0.05) is 55.4 Å². The first-order chi connectivity index (χ1) is 9.35. The standard InChI is InChI=1S/C19H39NO/c1-14(12-18(3,4)5)10-11-16(17(21)20-9)15(2)13-19(6,7)8/h14-16H,10-13H2,1-9H3,(H,20,21). The quantitative estimate of drug-likeness (QED) is 0.681. The Bertz CT molecular complexity index is 309. The summed E-state index contributed by atoms with van der Waals surface area (Å²) in [5.41, 5.74) is 0.654. The highest BCUT2D eigenvalue weighted by atomic mass is 16.1. The van der Waals surface area contributed by atoms with Crippen LogP contribution in [0, 0.1) is 28.6 Å². The van der Waals surface area contributed by atoms with Crippen molar-refractivity contribution in [1.29, 1.82) is 0 Å². The second kappa shape index (κ2) is 8.19. The van der Waals surface area contributed by atoms with Crippen LogP contribution >= 0.6 is 0 Å². The van der Waals surface area contributed by atoms with Crippen molar-refractivity contribution in [2.75, 3.05) is 7.05 Å². The third kappa shape index (κ3) is 9.92. The highest BCUT2D eigenvalue weighted by molar-refractivity contribution is 5.78. The minimum atomic E-state index is 0.150. The molecule has 0 aromatic carbocycles. The van der Waals surface area contributed by atoms with E-state index in [-0.39, 0.29) is 17.2 Å². The highest BCUT2D eigenvalue weighted by Gasteiger charge is 2.28. The average molecular weight is 298 g/mol. The summed E-state index contributed by atoms with van der Waals surface area (Å²) in [4.78, 5) is 12.2. The summed E-state index contributed by atoms with van der Waals surface area (Å²) >= 11 is 0. The van der Waals surface area contributed by atoms with E-state index in [0.29, 0.717) is 17.3 Å². The molecule has 0 radical (unpaired) electrons. The fraction of sp³-hybridized carbons (Fsp3) is 0.947. The molecule has 3 atom stereocenters. The van der Waals surface area contributed by atoms with Crippen molar-refractivity contribution in [3.8, 4) is 0 Å². The lowest BCUT2D eigenvalue weighted by Gasteiger charge is -2.30. The third-order valence-electron chi connectivity index (χ3n) is 4.14. The molecule has 0 fully saturated rings. The van der Waals surface area contributed by atoms with Gasteiger partial charge in [-0.25, -0.2) is 0 Å². The third-order valence-corrected chi connectivity index (χ3v) is 4.14. The van der Waals surface area contributed by atoms with E-state index in [9.17, 15) is 4.79 Å². The number of hydrogen-bond donors (Lipinski definition) is 1. The monoisotopic (exact) mass is 297 g/mol. The van der Waals surface area contributed by atoms with E-state index < -0.39 is 0 Å². The van der Waals surface area contributed by atoms with Crippen LogP contribution in [0.1, 0.15) is 81.1 Å². The molecule has 0 spiro atoms. The van der Waals surface area contributed by atoms with Gasteiger partial charge >= 0.3 is 0 Å². The number of rotatable bonds is 7. The molecule has 0 saturated carbocycles. The number of nitrogens with one attached hydrogen (secondary N) is 1. The molecule has 1 amide bonds. The Hall–Kier alpha value is -0.530. The van der Waals surface area contributed by atoms with Crippen LogP contribution in [0.15, 0.2) is 0 Å². The zero-order chi connectivity index (χ0) is 16.8. The number of carbonyl (C=O) groups is 1. The predicted molar refractivity (Wildman–Crippen MR) is 93.3 cm³/mol. The van der Waals surface area contributed by atoms with Gasteiger partial charge in [0.1, 0.15) is 0 Å². The van der Waals surface area contributed by atoms with Gasteiger partial charge in [0.25, 0.3) is 0 Å². The molecule has 1 N–H and O–H groups in total. The summed E-state index contributed by atoms with van der Waals surface area (Å²) in [6.45, 7) is 18.2. The molecule has 0 aliphatic carbocycles. The molecule has 0 bridgehead atoms. The van der Waals surface area contributed by atoms with Gasteiger partial charge in [0, 0.05) is 13.0 Å². The Kier molecular flexibility index (Phi) is 7.99. The SMILES string of the molecule is CNC(=O)C(CCC(C)CC(C)(C)C)C(C)CC(C)(C)C. The van der Waals surface area contributed by atoms with E-state index in [1.807, 2.05) is 0 Å². The van der Waals surface area contributed by atoms with E-state index in [0.717, 1.165) is 19.3 Å². The Labute approximate surface area is 133 Å². The predicted octanol–water partition coefficient (Wildman–Crippen LogP) is 5.27. The normalized spacial score (nSPS) is 17.2. The van der Waals surface area contributed by atoms with Gasteiger partial charge < -0.3 is 5.32 Å². The molecule has 0 saturated heterocycles. The first-order valence-corrected chi connectivity index (χ1v) is 8.57. The van der Waals surface area contributed by atoms with Crippen LogP contribution in [-0.2, 0) is 4.79 Å². The Morgan fingerprint density at radius 3 is 1.76 bits per heavy atom. The van der Waals surface area contributed by atoms with Crippen LogP contribution in [-0.4, -0.2) is 13.0 Å². The Balaban J connectivity index is 4.61. The molecule has 2 nitrogen and oxygen atoms in total. The minimum Gasteiger partial charge on any atom is -0.359 e. The molecular weight excluding hydrogens is 258 g/mol. The van der Waals surface area contributed by atoms with Gasteiger partial charge in [-0.15, -0.1) is 0 Å². The van der Waals surface area contributed by atoms with Crippen molar-refractivity contribution in [3.05, 3.63) is 0 Å². The summed E-state index contributed by atoms with van der Waals surface area (Å²) in [5.74, 6) is 1.48. The van der Waals surface area contributed by atoms with Crippen molar-refractivity contribution in [2.45, 2.75) is 81.1 Å². The van der Waals surface area contributed by atoms with Crippen molar-refractivity contribution in [3.63, 3.8) is 0 Å². The number of carbonyl (C=O) groups excluding carboxylic acids is 1. The van der Waals surface area contributed by atoms with Crippen LogP contribution in [0.2, 0.25) is 0 Å². The molecule has 3 unspecified atom stereocenters. The van der Waals surface area contributed by atoms with Crippen molar-refractivity contribution >= 4 is 5.91 Å². The number of amides is 1. The lowest BCUT2D eigenvalue weighted by atomic mass is 9.76. The van der Waals surface area contributed by atoms with E-state index in [2.05, 4.69) is 60.7 Å². The van der Waals surface area contributed by atoms with Gasteiger partial charge in [-0.3, -0.25) is 4.79 Å². The maximum absolute atomic E-state index is 12.2. The topological polar surface area (TPSA) is 29.1 Å². The van der Waals surface area contributed by atoms with Crippen LogP contribution in [0.3, 0.4) is 0 Å². The van der Waals surface area contributed by atoms with Gasteiger partial charge in [-0.05, 0) is 48.3 Å². The van der Waals surface area contributed by atoms with Crippen molar-refractivity contribution in [1.82, 2.24) is 5.32 Å². The lowest BCUT2D eigenvalue weighted by molar-refractivity contribution is -0.126. The largest absolute Gasteiger partial charge is 0.359 e. The number of hydrogen-bond acceptors (Lipinski definition) is 1. The molecule has 0 aromatic heterocycles. The first-order valence-electron chi connectivity index (χ1n) is 8.57. The molecule has 126 valence electrons. The minimum absolute atomic E-state index is 0.150. The fourth-order valence-electron chi connectivity index (χ4n) is 3.58. The van der Waals surface area contributed by atoms with Crippen LogP contribution < -0.4 is 5.32 Å². The molecule has 0 heterocycles. The molecule has 0 aromatic rings. The lowest BCUT2D eigenvalue weighted by Crippen LogP contribution is -2.33. The second-order valence-corrected chi connectivity index (χ2v) is 9.41. The summed E-state index contributed by atoms with van der Waals surface area (Å²) < 4.78 is 0. The van der Waals surface area contributed by atoms with Crippen molar-refractivity contribution < 1.29 is 4.79 Å². The summed E-state index contributed by atoms with van der Waals surface area (Å²) in [6, 6.07) is 0. The van der Waals surface area contributed by atoms with Gasteiger partial charge in [0.15, 0.2) is 0 Å². The van der Waals surface area contributed by atoms with E-state index in [1.54, 1.807) is 7.05 Å².